The Morgan fingerprint density at radius 1 is 1.53 bits per heavy atom. The van der Waals surface area contributed by atoms with Gasteiger partial charge in [0.25, 0.3) is 0 Å². The molecule has 1 saturated heterocycles. The minimum Gasteiger partial charge on any atom is -0.449 e. The van der Waals surface area contributed by atoms with E-state index in [0.717, 1.165) is 5.56 Å². The smallest absolute Gasteiger partial charge is 0.407 e. The third-order valence-electron chi connectivity index (χ3n) is 2.90. The van der Waals surface area contributed by atoms with E-state index in [4.69, 9.17) is 4.74 Å². The zero-order valence-electron chi connectivity index (χ0n) is 9.59. The molecule has 1 amide bonds. The summed E-state index contributed by atoms with van der Waals surface area (Å²) >= 11 is 3.11. The van der Waals surface area contributed by atoms with Crippen LogP contribution in [-0.4, -0.2) is 12.7 Å². The van der Waals surface area contributed by atoms with Crippen molar-refractivity contribution in [2.45, 2.75) is 19.9 Å². The molecule has 0 aliphatic carbocycles. The molecule has 0 unspecified atom stereocenters. The molecule has 1 aliphatic rings. The van der Waals surface area contributed by atoms with Crippen LogP contribution in [0.5, 0.6) is 0 Å². The summed E-state index contributed by atoms with van der Waals surface area (Å²) < 4.78 is 18.9. The van der Waals surface area contributed by atoms with Gasteiger partial charge in [-0.1, -0.05) is 19.9 Å². The minimum atomic E-state index is -0.461. The average Bonchev–Trinajstić information content (AvgIpc) is 2.26. The van der Waals surface area contributed by atoms with Gasteiger partial charge in [-0.25, -0.2) is 9.18 Å². The summed E-state index contributed by atoms with van der Waals surface area (Å²) in [5, 5.41) is 2.73. The van der Waals surface area contributed by atoms with E-state index in [1.165, 1.54) is 6.07 Å². The van der Waals surface area contributed by atoms with Crippen LogP contribution in [0.4, 0.5) is 9.18 Å². The van der Waals surface area contributed by atoms with Gasteiger partial charge in [-0.05, 0) is 33.6 Å². The molecule has 17 heavy (non-hydrogen) atoms. The van der Waals surface area contributed by atoms with Crippen molar-refractivity contribution in [2.24, 2.45) is 5.41 Å². The largest absolute Gasteiger partial charge is 0.449 e. The summed E-state index contributed by atoms with van der Waals surface area (Å²) in [7, 11) is 0. The molecule has 0 spiro atoms. The van der Waals surface area contributed by atoms with Crippen LogP contribution >= 0.6 is 15.9 Å². The summed E-state index contributed by atoms with van der Waals surface area (Å²) in [4.78, 5) is 11.3. The normalized spacial score (nSPS) is 22.8. The average molecular weight is 302 g/mol. The van der Waals surface area contributed by atoms with Crippen LogP contribution in [0.15, 0.2) is 22.7 Å². The van der Waals surface area contributed by atoms with Crippen LogP contribution in [0.2, 0.25) is 0 Å². The number of hydrogen-bond donors (Lipinski definition) is 1. The van der Waals surface area contributed by atoms with Crippen molar-refractivity contribution in [1.29, 1.82) is 0 Å². The van der Waals surface area contributed by atoms with Gasteiger partial charge in [0.15, 0.2) is 0 Å². The van der Waals surface area contributed by atoms with E-state index in [1.54, 1.807) is 12.1 Å². The number of hydrogen-bond acceptors (Lipinski definition) is 2. The highest BCUT2D eigenvalue weighted by molar-refractivity contribution is 9.10. The van der Waals surface area contributed by atoms with Gasteiger partial charge >= 0.3 is 6.09 Å². The zero-order chi connectivity index (χ0) is 12.6. The highest BCUT2D eigenvalue weighted by Gasteiger charge is 2.38. The number of halogens is 2. The van der Waals surface area contributed by atoms with Crippen LogP contribution in [0.25, 0.3) is 0 Å². The molecule has 1 aromatic carbocycles. The number of cyclic esters (lactones) is 1. The van der Waals surface area contributed by atoms with E-state index in [2.05, 4.69) is 21.2 Å². The lowest BCUT2D eigenvalue weighted by Crippen LogP contribution is -2.46. The molecule has 0 saturated carbocycles. The first-order valence-corrected chi connectivity index (χ1v) is 6.08. The fraction of sp³-hybridized carbons (Fsp3) is 0.417. The number of benzene rings is 1. The molecule has 1 fully saturated rings. The molecule has 0 aromatic heterocycles. The third-order valence-corrected chi connectivity index (χ3v) is 3.54. The molecule has 1 aliphatic heterocycles. The van der Waals surface area contributed by atoms with E-state index >= 15 is 0 Å². The Hall–Kier alpha value is -1.10. The second kappa shape index (κ2) is 4.29. The Bertz CT molecular complexity index is 462. The monoisotopic (exact) mass is 301 g/mol. The molecular formula is C12H13BrFNO2. The van der Waals surface area contributed by atoms with Crippen LogP contribution in [0.1, 0.15) is 25.5 Å². The van der Waals surface area contributed by atoms with Crippen molar-refractivity contribution in [3.8, 4) is 0 Å². The Kier molecular flexibility index (Phi) is 3.12. The molecule has 2 rings (SSSR count). The van der Waals surface area contributed by atoms with Gasteiger partial charge in [-0.3, -0.25) is 0 Å². The Balaban J connectivity index is 2.36. The molecule has 0 radical (unpaired) electrons. The number of amides is 1. The van der Waals surface area contributed by atoms with Crippen molar-refractivity contribution in [3.63, 3.8) is 0 Å². The standard InChI is InChI=1S/C12H13BrFNO2/c1-12(2)6-17-11(16)15-10(12)7-3-4-8(13)9(14)5-7/h3-5,10H,6H2,1-2H3,(H,15,16)/t10-/m0/s1. The fourth-order valence-electron chi connectivity index (χ4n) is 1.92. The van der Waals surface area contributed by atoms with E-state index in [0.29, 0.717) is 11.1 Å². The molecule has 1 N–H and O–H groups in total. The lowest BCUT2D eigenvalue weighted by atomic mass is 9.80. The summed E-state index contributed by atoms with van der Waals surface area (Å²) in [5.74, 6) is -0.334. The lowest BCUT2D eigenvalue weighted by Gasteiger charge is -2.38. The molecule has 1 atom stereocenters. The van der Waals surface area contributed by atoms with Crippen LogP contribution in [-0.2, 0) is 4.74 Å². The maximum Gasteiger partial charge on any atom is 0.407 e. The van der Waals surface area contributed by atoms with Crippen LogP contribution in [0, 0.1) is 11.2 Å². The predicted molar refractivity (Wildman–Crippen MR) is 65.1 cm³/mol. The van der Waals surface area contributed by atoms with Gasteiger partial charge in [0.1, 0.15) is 12.4 Å². The van der Waals surface area contributed by atoms with Gasteiger partial charge in [0, 0.05) is 5.41 Å². The SMILES string of the molecule is CC1(C)COC(=O)N[C@H]1c1ccc(Br)c(F)c1. The van der Waals surface area contributed by atoms with Crippen molar-refractivity contribution in [1.82, 2.24) is 5.32 Å². The summed E-state index contributed by atoms with van der Waals surface area (Å²) in [6.07, 6.45) is -0.461. The first-order chi connectivity index (χ1) is 7.90. The molecule has 1 heterocycles. The second-order valence-corrected chi connectivity index (χ2v) is 5.67. The first kappa shape index (κ1) is 12.4. The van der Waals surface area contributed by atoms with Crippen molar-refractivity contribution in [2.75, 3.05) is 6.61 Å². The first-order valence-electron chi connectivity index (χ1n) is 5.28. The lowest BCUT2D eigenvalue weighted by molar-refractivity contribution is 0.0386. The molecule has 5 heteroatoms. The maximum absolute atomic E-state index is 13.5. The third kappa shape index (κ3) is 2.44. The Morgan fingerprint density at radius 3 is 2.88 bits per heavy atom. The van der Waals surface area contributed by atoms with E-state index in [-0.39, 0.29) is 17.3 Å². The molecule has 0 bridgehead atoms. The topological polar surface area (TPSA) is 38.3 Å². The van der Waals surface area contributed by atoms with Crippen molar-refractivity contribution >= 4 is 22.0 Å². The number of nitrogens with one attached hydrogen (secondary N) is 1. The van der Waals surface area contributed by atoms with Crippen LogP contribution in [0.3, 0.4) is 0 Å². The number of carbonyl (C=O) groups is 1. The highest BCUT2D eigenvalue weighted by Crippen LogP contribution is 2.37. The highest BCUT2D eigenvalue weighted by atomic mass is 79.9. The Morgan fingerprint density at radius 2 is 2.24 bits per heavy atom. The van der Waals surface area contributed by atoms with Crippen molar-refractivity contribution < 1.29 is 13.9 Å². The molecular weight excluding hydrogens is 289 g/mol. The Labute approximate surface area is 107 Å². The van der Waals surface area contributed by atoms with Crippen LogP contribution < -0.4 is 5.32 Å². The van der Waals surface area contributed by atoms with E-state index < -0.39 is 6.09 Å². The predicted octanol–water partition coefficient (Wildman–Crippen LogP) is 3.40. The molecule has 92 valence electrons. The van der Waals surface area contributed by atoms with Gasteiger partial charge in [0.2, 0.25) is 0 Å². The number of rotatable bonds is 1. The summed E-state index contributed by atoms with van der Waals surface area (Å²) in [6, 6.07) is 4.63. The zero-order valence-corrected chi connectivity index (χ0v) is 11.2. The summed E-state index contributed by atoms with van der Waals surface area (Å²) in [5.41, 5.74) is 0.473. The van der Waals surface area contributed by atoms with Gasteiger partial charge in [-0.2, -0.15) is 0 Å². The number of ether oxygens (including phenoxy) is 1. The number of carbonyl (C=O) groups excluding carboxylic acids is 1. The quantitative estimate of drug-likeness (QED) is 0.863. The van der Waals surface area contributed by atoms with Gasteiger partial charge < -0.3 is 10.1 Å². The molecule has 3 nitrogen and oxygen atoms in total. The van der Waals surface area contributed by atoms with Crippen molar-refractivity contribution in [3.05, 3.63) is 34.1 Å². The number of alkyl carbamates (subject to hydrolysis) is 1. The van der Waals surface area contributed by atoms with Gasteiger partial charge in [0.05, 0.1) is 10.5 Å². The van der Waals surface area contributed by atoms with E-state index in [1.807, 2.05) is 13.8 Å². The van der Waals surface area contributed by atoms with Gasteiger partial charge in [-0.15, -0.1) is 0 Å². The van der Waals surface area contributed by atoms with E-state index in [9.17, 15) is 9.18 Å². The molecule has 1 aromatic rings. The fourth-order valence-corrected chi connectivity index (χ4v) is 2.16. The summed E-state index contributed by atoms with van der Waals surface area (Å²) in [6.45, 7) is 4.26. The second-order valence-electron chi connectivity index (χ2n) is 4.82. The minimum absolute atomic E-state index is 0.244. The maximum atomic E-state index is 13.5.